The average molecular weight is 593 g/mol. The summed E-state index contributed by atoms with van der Waals surface area (Å²) in [5.74, 6) is -0.527. The lowest BCUT2D eigenvalue weighted by molar-refractivity contribution is -0.114. The fourth-order valence-corrected chi connectivity index (χ4v) is 5.44. The van der Waals surface area contributed by atoms with Gasteiger partial charge in [-0.25, -0.2) is 0 Å². The lowest BCUT2D eigenvalue weighted by Gasteiger charge is -2.11. The van der Waals surface area contributed by atoms with Crippen molar-refractivity contribution in [2.75, 3.05) is 17.2 Å². The van der Waals surface area contributed by atoms with Crippen LogP contribution >= 0.6 is 34.5 Å². The number of rotatable bonds is 7. The average Bonchev–Trinajstić information content (AvgIpc) is 3.20. The molecule has 0 radical (unpaired) electrons. The zero-order valence-corrected chi connectivity index (χ0v) is 23.7. The first-order valence-electron chi connectivity index (χ1n) is 12.0. The first kappa shape index (κ1) is 28.6. The van der Waals surface area contributed by atoms with E-state index in [0.717, 1.165) is 11.3 Å². The van der Waals surface area contributed by atoms with Crippen molar-refractivity contribution in [2.24, 2.45) is 0 Å². The van der Waals surface area contributed by atoms with Crippen LogP contribution in [0.2, 0.25) is 10.0 Å². The lowest BCUT2D eigenvalue weighted by atomic mass is 10.2. The highest BCUT2D eigenvalue weighted by Crippen LogP contribution is 2.23. The Labute approximate surface area is 243 Å². The predicted octanol–water partition coefficient (Wildman–Crippen LogP) is 4.70. The SMILES string of the molecule is CCOc1ccccc1-n1c(=O)/c(=C/c2ccc(NC(C)=O)cc2)s/c1=C(/C#N)C(=O)Nc1cc(Cl)cc(Cl)c1. The number of benzene rings is 3. The number of hydrogen-bond acceptors (Lipinski definition) is 6. The molecule has 2 amide bonds. The second-order valence-corrected chi connectivity index (χ2v) is 10.3. The van der Waals surface area contributed by atoms with Crippen molar-refractivity contribution in [1.29, 1.82) is 5.26 Å². The van der Waals surface area contributed by atoms with Crippen LogP contribution in [0.4, 0.5) is 11.4 Å². The summed E-state index contributed by atoms with van der Waals surface area (Å²) in [4.78, 5) is 38.5. The highest BCUT2D eigenvalue weighted by atomic mass is 35.5. The Morgan fingerprint density at radius 2 is 1.70 bits per heavy atom. The molecule has 4 aromatic rings. The quantitative estimate of drug-likeness (QED) is 0.323. The Morgan fingerprint density at radius 1 is 1.02 bits per heavy atom. The molecular weight excluding hydrogens is 571 g/mol. The molecule has 0 aliphatic heterocycles. The van der Waals surface area contributed by atoms with E-state index >= 15 is 0 Å². The van der Waals surface area contributed by atoms with Crippen LogP contribution in [0.25, 0.3) is 17.3 Å². The van der Waals surface area contributed by atoms with E-state index < -0.39 is 11.5 Å². The molecule has 11 heteroatoms. The highest BCUT2D eigenvalue weighted by molar-refractivity contribution is 7.07. The van der Waals surface area contributed by atoms with Crippen molar-refractivity contribution >= 4 is 69.4 Å². The molecule has 202 valence electrons. The number of halogens is 2. The van der Waals surface area contributed by atoms with Crippen molar-refractivity contribution in [2.45, 2.75) is 13.8 Å². The number of anilines is 2. The fourth-order valence-electron chi connectivity index (χ4n) is 3.82. The van der Waals surface area contributed by atoms with Gasteiger partial charge in [-0.05, 0) is 61.0 Å². The van der Waals surface area contributed by atoms with Crippen LogP contribution < -0.4 is 30.1 Å². The molecule has 8 nitrogen and oxygen atoms in total. The maximum absolute atomic E-state index is 13.8. The molecule has 4 rings (SSSR count). The van der Waals surface area contributed by atoms with Crippen molar-refractivity contribution < 1.29 is 14.3 Å². The van der Waals surface area contributed by atoms with E-state index in [1.165, 1.54) is 29.7 Å². The third-order valence-electron chi connectivity index (χ3n) is 5.43. The van der Waals surface area contributed by atoms with Crippen LogP contribution in [0.1, 0.15) is 19.4 Å². The van der Waals surface area contributed by atoms with Crippen molar-refractivity contribution in [3.63, 3.8) is 0 Å². The van der Waals surface area contributed by atoms with Crippen LogP contribution in [0.15, 0.2) is 71.5 Å². The molecule has 0 saturated heterocycles. The predicted molar refractivity (Wildman–Crippen MR) is 159 cm³/mol. The Balaban J connectivity index is 1.94. The minimum atomic E-state index is -0.740. The molecule has 1 aromatic heterocycles. The number of aromatic nitrogens is 1. The maximum atomic E-state index is 13.8. The van der Waals surface area contributed by atoms with Gasteiger partial charge in [0.25, 0.3) is 11.5 Å². The summed E-state index contributed by atoms with van der Waals surface area (Å²) in [5, 5.41) is 16.0. The zero-order valence-electron chi connectivity index (χ0n) is 21.3. The molecular formula is C29H22Cl2N4O4S. The Morgan fingerprint density at radius 3 is 2.33 bits per heavy atom. The van der Waals surface area contributed by atoms with Gasteiger partial charge in [-0.3, -0.25) is 19.0 Å². The zero-order chi connectivity index (χ0) is 28.8. The second kappa shape index (κ2) is 12.7. The Kier molecular flexibility index (Phi) is 9.07. The molecule has 0 spiro atoms. The molecule has 3 aromatic carbocycles. The Bertz CT molecular complexity index is 1800. The van der Waals surface area contributed by atoms with Gasteiger partial charge in [-0.1, -0.05) is 47.5 Å². The summed E-state index contributed by atoms with van der Waals surface area (Å²) in [6.45, 7) is 3.57. The number of carbonyl (C=O) groups excluding carboxylic acids is 2. The van der Waals surface area contributed by atoms with Crippen LogP contribution in [0.3, 0.4) is 0 Å². The van der Waals surface area contributed by atoms with Crippen LogP contribution in [0, 0.1) is 11.3 Å². The maximum Gasteiger partial charge on any atom is 0.273 e. The summed E-state index contributed by atoms with van der Waals surface area (Å²) < 4.78 is 7.44. The highest BCUT2D eigenvalue weighted by Gasteiger charge is 2.19. The largest absolute Gasteiger partial charge is 0.492 e. The van der Waals surface area contributed by atoms with Gasteiger partial charge in [0.05, 0.1) is 16.8 Å². The second-order valence-electron chi connectivity index (χ2n) is 8.36. The van der Waals surface area contributed by atoms with E-state index in [1.54, 1.807) is 54.6 Å². The third kappa shape index (κ3) is 6.61. The summed E-state index contributed by atoms with van der Waals surface area (Å²) >= 11 is 13.1. The molecule has 40 heavy (non-hydrogen) atoms. The molecule has 0 aliphatic rings. The van der Waals surface area contributed by atoms with Gasteiger partial charge in [-0.15, -0.1) is 11.3 Å². The number of nitrogens with zero attached hydrogens (tertiary/aromatic N) is 2. The van der Waals surface area contributed by atoms with Gasteiger partial charge in [0, 0.05) is 28.3 Å². The van der Waals surface area contributed by atoms with Gasteiger partial charge >= 0.3 is 0 Å². The lowest BCUT2D eigenvalue weighted by Crippen LogP contribution is -2.32. The van der Waals surface area contributed by atoms with Gasteiger partial charge in [0.1, 0.15) is 16.5 Å². The normalized spacial score (nSPS) is 11.9. The van der Waals surface area contributed by atoms with Crippen LogP contribution in [-0.2, 0) is 9.59 Å². The number of carbonyl (C=O) groups is 2. The van der Waals surface area contributed by atoms with Gasteiger partial charge < -0.3 is 15.4 Å². The number of amides is 2. The molecule has 0 bridgehead atoms. The van der Waals surface area contributed by atoms with Gasteiger partial charge in [-0.2, -0.15) is 5.26 Å². The first-order valence-corrected chi connectivity index (χ1v) is 13.5. The Hall–Kier alpha value is -4.36. The number of ether oxygens (including phenoxy) is 1. The van der Waals surface area contributed by atoms with E-state index in [1.807, 2.05) is 13.0 Å². The van der Waals surface area contributed by atoms with Crippen molar-refractivity contribution in [3.05, 3.63) is 102 Å². The molecule has 1 heterocycles. The molecule has 0 atom stereocenters. The topological polar surface area (TPSA) is 113 Å². The summed E-state index contributed by atoms with van der Waals surface area (Å²) in [6.07, 6.45) is 1.65. The molecule has 0 aliphatic carbocycles. The minimum Gasteiger partial charge on any atom is -0.492 e. The minimum absolute atomic E-state index is 0.117. The number of hydrogen-bond donors (Lipinski definition) is 2. The molecule has 0 saturated carbocycles. The van der Waals surface area contributed by atoms with Crippen molar-refractivity contribution in [3.8, 4) is 17.5 Å². The summed E-state index contributed by atoms with van der Waals surface area (Å²) in [7, 11) is 0. The van der Waals surface area contributed by atoms with E-state index in [-0.39, 0.29) is 20.7 Å². The first-order chi connectivity index (χ1) is 19.2. The van der Waals surface area contributed by atoms with E-state index in [0.29, 0.717) is 45.0 Å². The number of nitriles is 1. The monoisotopic (exact) mass is 592 g/mol. The smallest absolute Gasteiger partial charge is 0.273 e. The molecule has 2 N–H and O–H groups in total. The van der Waals surface area contributed by atoms with E-state index in [4.69, 9.17) is 27.9 Å². The van der Waals surface area contributed by atoms with E-state index in [2.05, 4.69) is 10.6 Å². The van der Waals surface area contributed by atoms with Crippen LogP contribution in [-0.4, -0.2) is 23.0 Å². The standard InChI is InChI=1S/C29H22Cl2N4O4S/c1-3-39-25-7-5-4-6-24(25)35-28(38)26(12-18-8-10-21(11-9-18)33-17(2)36)40-29(35)23(16-32)27(37)34-22-14-19(30)13-20(31)15-22/h4-15H,3H2,1-2H3,(H,33,36)(H,34,37)/b26-12-,29-23-. The number of thiazole rings is 1. The molecule has 0 unspecified atom stereocenters. The van der Waals surface area contributed by atoms with E-state index in [9.17, 15) is 19.6 Å². The van der Waals surface area contributed by atoms with Crippen LogP contribution in [0.5, 0.6) is 5.75 Å². The van der Waals surface area contributed by atoms with Gasteiger partial charge in [0.15, 0.2) is 5.57 Å². The number of nitrogens with one attached hydrogen (secondary N) is 2. The summed E-state index contributed by atoms with van der Waals surface area (Å²) in [5.41, 5.74) is 1.24. The van der Waals surface area contributed by atoms with Gasteiger partial charge in [0.2, 0.25) is 5.91 Å². The van der Waals surface area contributed by atoms with Crippen molar-refractivity contribution in [1.82, 2.24) is 4.57 Å². The number of para-hydroxylation sites is 2. The third-order valence-corrected chi connectivity index (χ3v) is 6.96. The fraction of sp³-hybridized carbons (Fsp3) is 0.103. The summed E-state index contributed by atoms with van der Waals surface area (Å²) in [6, 6.07) is 20.2. The molecule has 0 fully saturated rings.